The van der Waals surface area contributed by atoms with Crippen LogP contribution >= 0.6 is 31.9 Å². The number of rotatable bonds is 3. The third-order valence-electron chi connectivity index (χ3n) is 5.32. The summed E-state index contributed by atoms with van der Waals surface area (Å²) in [6.45, 7) is 0. The fraction of sp³-hybridized carbons (Fsp3) is 0.571. The Morgan fingerprint density at radius 3 is 2.14 bits per heavy atom. The summed E-state index contributed by atoms with van der Waals surface area (Å²) in [4.78, 5) is 0.244. The number of benzene rings is 1. The van der Waals surface area contributed by atoms with Crippen molar-refractivity contribution >= 4 is 47.6 Å². The van der Waals surface area contributed by atoms with Crippen molar-refractivity contribution in [3.63, 3.8) is 0 Å². The van der Waals surface area contributed by atoms with Gasteiger partial charge in [0.2, 0.25) is 10.0 Å². The lowest BCUT2D eigenvalue weighted by Crippen LogP contribution is -2.30. The largest absolute Gasteiger partial charge is 0.399 e. The van der Waals surface area contributed by atoms with E-state index >= 15 is 0 Å². The monoisotopic (exact) mass is 434 g/mol. The Bertz CT molecular complexity index is 683. The molecule has 2 bridgehead atoms. The van der Waals surface area contributed by atoms with Crippen LogP contribution in [0.5, 0.6) is 0 Å². The lowest BCUT2D eigenvalue weighted by molar-refractivity contribution is 0.456. The van der Waals surface area contributed by atoms with Crippen molar-refractivity contribution in [2.24, 2.45) is 23.7 Å². The number of hydrogen-bond donors (Lipinski definition) is 2. The maximum Gasteiger partial charge on any atom is 0.243 e. The summed E-state index contributed by atoms with van der Waals surface area (Å²) < 4.78 is 29.3. The molecule has 4 atom stereocenters. The zero-order valence-electron chi connectivity index (χ0n) is 11.2. The molecule has 0 amide bonds. The minimum absolute atomic E-state index is 0.137. The highest BCUT2D eigenvalue weighted by Crippen LogP contribution is 2.65. The topological polar surface area (TPSA) is 72.2 Å². The normalized spacial score (nSPS) is 36.8. The second-order valence-corrected chi connectivity index (χ2v) is 9.81. The van der Waals surface area contributed by atoms with Crippen LogP contribution in [0.2, 0.25) is 0 Å². The zero-order chi connectivity index (χ0) is 14.9. The molecule has 1 aromatic rings. The van der Waals surface area contributed by atoms with Crippen LogP contribution in [0.4, 0.5) is 5.69 Å². The lowest BCUT2D eigenvalue weighted by Gasteiger charge is -2.14. The third kappa shape index (κ3) is 2.19. The standard InChI is InChI=1S/C14H16Br2N2O2S/c15-9-4-8(17)5-10(16)14(9)21(19,20)18-13-11-6-1-2-7(3-6)12(11)13/h4-7,11-13,18H,1-3,17H2. The molecular weight excluding hydrogens is 420 g/mol. The van der Waals surface area contributed by atoms with Gasteiger partial charge in [-0.3, -0.25) is 0 Å². The van der Waals surface area contributed by atoms with E-state index in [2.05, 4.69) is 36.6 Å². The predicted molar refractivity (Wildman–Crippen MR) is 88.2 cm³/mol. The van der Waals surface area contributed by atoms with Gasteiger partial charge in [0, 0.05) is 20.7 Å². The van der Waals surface area contributed by atoms with Crippen molar-refractivity contribution in [2.45, 2.75) is 30.2 Å². The maximum absolute atomic E-state index is 12.7. The number of nitrogen functional groups attached to an aromatic ring is 1. The number of nitrogens with two attached hydrogens (primary N) is 1. The number of nitrogens with one attached hydrogen (secondary N) is 1. The summed E-state index contributed by atoms with van der Waals surface area (Å²) in [7, 11) is -3.54. The number of sulfonamides is 1. The van der Waals surface area contributed by atoms with Crippen LogP contribution in [0.25, 0.3) is 0 Å². The summed E-state index contributed by atoms with van der Waals surface area (Å²) in [5.74, 6) is 2.63. The van der Waals surface area contributed by atoms with Gasteiger partial charge in [-0.2, -0.15) is 0 Å². The van der Waals surface area contributed by atoms with Gasteiger partial charge in [-0.05, 0) is 86.9 Å². The quantitative estimate of drug-likeness (QED) is 0.716. The molecule has 3 N–H and O–H groups in total. The van der Waals surface area contributed by atoms with Crippen LogP contribution < -0.4 is 10.5 Å². The molecule has 4 nitrogen and oxygen atoms in total. The Kier molecular flexibility index (Phi) is 3.24. The van der Waals surface area contributed by atoms with Gasteiger partial charge in [-0.25, -0.2) is 13.1 Å². The molecule has 4 rings (SSSR count). The fourth-order valence-corrected chi connectivity index (χ4v) is 8.48. The summed E-state index contributed by atoms with van der Waals surface area (Å²) in [5.41, 5.74) is 6.25. The van der Waals surface area contributed by atoms with Crippen LogP contribution in [0.3, 0.4) is 0 Å². The summed E-state index contributed by atoms with van der Waals surface area (Å²) in [6, 6.07) is 3.38. The average Bonchev–Trinajstić information content (AvgIpc) is 2.77. The van der Waals surface area contributed by atoms with Gasteiger partial charge in [0.15, 0.2) is 0 Å². The molecule has 0 radical (unpaired) electrons. The molecule has 0 aromatic heterocycles. The molecule has 3 aliphatic carbocycles. The van der Waals surface area contributed by atoms with Crippen molar-refractivity contribution < 1.29 is 8.42 Å². The highest BCUT2D eigenvalue weighted by Gasteiger charge is 2.65. The van der Waals surface area contributed by atoms with Crippen LogP contribution in [-0.4, -0.2) is 14.5 Å². The van der Waals surface area contributed by atoms with Crippen LogP contribution in [0.1, 0.15) is 19.3 Å². The lowest BCUT2D eigenvalue weighted by atomic mass is 10.0. The number of halogens is 2. The van der Waals surface area contributed by atoms with E-state index in [-0.39, 0.29) is 10.9 Å². The molecule has 7 heteroatoms. The van der Waals surface area contributed by atoms with E-state index in [1.807, 2.05) is 0 Å². The first kappa shape index (κ1) is 14.5. The molecule has 4 unspecified atom stereocenters. The summed E-state index contributed by atoms with van der Waals surface area (Å²) >= 11 is 6.62. The van der Waals surface area contributed by atoms with Crippen molar-refractivity contribution in [3.8, 4) is 0 Å². The summed E-state index contributed by atoms with van der Waals surface area (Å²) in [5, 5.41) is 0. The smallest absolute Gasteiger partial charge is 0.243 e. The SMILES string of the molecule is Nc1cc(Br)c(S(=O)(=O)NC2C3C4CCC(C4)C23)c(Br)c1. The first-order valence-corrected chi connectivity index (χ1v) is 10.2. The Balaban J connectivity index is 1.61. The molecule has 21 heavy (non-hydrogen) atoms. The van der Waals surface area contributed by atoms with E-state index in [0.29, 0.717) is 26.5 Å². The fourth-order valence-electron chi connectivity index (χ4n) is 4.56. The molecule has 0 heterocycles. The molecule has 3 aliphatic rings. The Labute approximate surface area is 141 Å². The molecule has 114 valence electrons. The van der Waals surface area contributed by atoms with Gasteiger partial charge in [-0.1, -0.05) is 0 Å². The van der Waals surface area contributed by atoms with Gasteiger partial charge >= 0.3 is 0 Å². The Morgan fingerprint density at radius 2 is 1.62 bits per heavy atom. The minimum Gasteiger partial charge on any atom is -0.399 e. The van der Waals surface area contributed by atoms with Gasteiger partial charge in [-0.15, -0.1) is 0 Å². The minimum atomic E-state index is -3.54. The first-order valence-electron chi connectivity index (χ1n) is 7.15. The highest BCUT2D eigenvalue weighted by molar-refractivity contribution is 9.11. The molecule has 3 fully saturated rings. The van der Waals surface area contributed by atoms with E-state index < -0.39 is 10.0 Å². The van der Waals surface area contributed by atoms with Crippen molar-refractivity contribution in [1.29, 1.82) is 0 Å². The second-order valence-electron chi connectivity index (χ2n) is 6.45. The van der Waals surface area contributed by atoms with Crippen molar-refractivity contribution in [2.75, 3.05) is 5.73 Å². The third-order valence-corrected chi connectivity index (χ3v) is 8.65. The molecular formula is C14H16Br2N2O2S. The van der Waals surface area contributed by atoms with E-state index in [9.17, 15) is 8.42 Å². The second kappa shape index (κ2) is 4.69. The molecule has 3 saturated carbocycles. The van der Waals surface area contributed by atoms with Crippen molar-refractivity contribution in [3.05, 3.63) is 21.1 Å². The van der Waals surface area contributed by atoms with E-state index in [4.69, 9.17) is 5.73 Å². The summed E-state index contributed by atoms with van der Waals surface area (Å²) in [6.07, 6.45) is 3.86. The maximum atomic E-state index is 12.7. The first-order chi connectivity index (χ1) is 9.88. The Hall–Kier alpha value is -0.110. The number of fused-ring (bicyclic) bond motifs is 5. The van der Waals surface area contributed by atoms with Gasteiger partial charge in [0.1, 0.15) is 4.90 Å². The van der Waals surface area contributed by atoms with Gasteiger partial charge < -0.3 is 5.73 Å². The predicted octanol–water partition coefficient (Wildman–Crippen LogP) is 3.12. The van der Waals surface area contributed by atoms with Gasteiger partial charge in [0.05, 0.1) is 0 Å². The van der Waals surface area contributed by atoms with E-state index in [1.54, 1.807) is 12.1 Å². The van der Waals surface area contributed by atoms with Crippen LogP contribution in [0, 0.1) is 23.7 Å². The average molecular weight is 436 g/mol. The molecule has 0 spiro atoms. The molecule has 1 aromatic carbocycles. The number of anilines is 1. The Morgan fingerprint density at radius 1 is 1.10 bits per heavy atom. The molecule has 0 saturated heterocycles. The molecule has 0 aliphatic heterocycles. The number of hydrogen-bond acceptors (Lipinski definition) is 3. The van der Waals surface area contributed by atoms with E-state index in [0.717, 1.165) is 11.8 Å². The van der Waals surface area contributed by atoms with Gasteiger partial charge in [0.25, 0.3) is 0 Å². The highest BCUT2D eigenvalue weighted by atomic mass is 79.9. The van der Waals surface area contributed by atoms with Crippen LogP contribution in [0.15, 0.2) is 26.0 Å². The van der Waals surface area contributed by atoms with Crippen molar-refractivity contribution in [1.82, 2.24) is 4.72 Å². The zero-order valence-corrected chi connectivity index (χ0v) is 15.2. The van der Waals surface area contributed by atoms with Crippen LogP contribution in [-0.2, 0) is 10.0 Å². The van der Waals surface area contributed by atoms with E-state index in [1.165, 1.54) is 19.3 Å².